The van der Waals surface area contributed by atoms with Crippen LogP contribution >= 0.6 is 12.4 Å². The van der Waals surface area contributed by atoms with Crippen molar-refractivity contribution in [2.45, 2.75) is 25.8 Å². The summed E-state index contributed by atoms with van der Waals surface area (Å²) in [6.07, 6.45) is 1.25. The SMILES string of the molecule is CC1CNCCC1NC(=O)CCN1C(=O)COc2ccccc21.Cl. The number of ether oxygens (including phenoxy) is 1. The van der Waals surface area contributed by atoms with E-state index in [1.807, 2.05) is 24.3 Å². The number of fused-ring (bicyclic) bond motifs is 1. The highest BCUT2D eigenvalue weighted by Gasteiger charge is 2.26. The summed E-state index contributed by atoms with van der Waals surface area (Å²) in [7, 11) is 0. The van der Waals surface area contributed by atoms with Gasteiger partial charge in [-0.05, 0) is 37.6 Å². The largest absolute Gasteiger partial charge is 0.482 e. The lowest BCUT2D eigenvalue weighted by molar-refractivity contribution is -0.122. The van der Waals surface area contributed by atoms with Crippen LogP contribution in [0.15, 0.2) is 24.3 Å². The molecular weight excluding hydrogens is 330 g/mol. The first-order valence-corrected chi connectivity index (χ1v) is 8.17. The first kappa shape index (κ1) is 18.5. The molecule has 0 aliphatic carbocycles. The Balaban J connectivity index is 0.00000208. The maximum absolute atomic E-state index is 12.2. The van der Waals surface area contributed by atoms with Gasteiger partial charge < -0.3 is 20.3 Å². The number of carbonyl (C=O) groups excluding carboxylic acids is 2. The number of hydrogen-bond acceptors (Lipinski definition) is 4. The summed E-state index contributed by atoms with van der Waals surface area (Å²) in [5.74, 6) is 1.02. The van der Waals surface area contributed by atoms with Crippen molar-refractivity contribution in [2.24, 2.45) is 5.92 Å². The lowest BCUT2D eigenvalue weighted by Crippen LogP contribution is -2.49. The fourth-order valence-corrected chi connectivity index (χ4v) is 3.12. The molecule has 2 N–H and O–H groups in total. The number of para-hydroxylation sites is 2. The van der Waals surface area contributed by atoms with Crippen molar-refractivity contribution in [1.29, 1.82) is 0 Å². The summed E-state index contributed by atoms with van der Waals surface area (Å²) in [5, 5.41) is 6.42. The number of rotatable bonds is 4. The highest BCUT2D eigenvalue weighted by atomic mass is 35.5. The lowest BCUT2D eigenvalue weighted by Gasteiger charge is -2.31. The smallest absolute Gasteiger partial charge is 0.265 e. The highest BCUT2D eigenvalue weighted by molar-refractivity contribution is 5.98. The maximum atomic E-state index is 12.2. The molecule has 0 saturated carbocycles. The molecule has 3 rings (SSSR count). The molecule has 24 heavy (non-hydrogen) atoms. The van der Waals surface area contributed by atoms with Gasteiger partial charge in [0.05, 0.1) is 5.69 Å². The zero-order chi connectivity index (χ0) is 16.2. The van der Waals surface area contributed by atoms with Crippen molar-refractivity contribution in [3.8, 4) is 5.75 Å². The molecule has 0 bridgehead atoms. The quantitative estimate of drug-likeness (QED) is 0.857. The summed E-state index contributed by atoms with van der Waals surface area (Å²) in [6, 6.07) is 7.64. The van der Waals surface area contributed by atoms with Crippen LogP contribution in [-0.4, -0.2) is 44.1 Å². The van der Waals surface area contributed by atoms with E-state index in [1.165, 1.54) is 0 Å². The molecule has 7 heteroatoms. The Labute approximate surface area is 148 Å². The molecule has 1 saturated heterocycles. The van der Waals surface area contributed by atoms with Gasteiger partial charge in [-0.15, -0.1) is 12.4 Å². The van der Waals surface area contributed by atoms with Gasteiger partial charge in [0.15, 0.2) is 6.61 Å². The maximum Gasteiger partial charge on any atom is 0.265 e. The molecule has 2 heterocycles. The first-order valence-electron chi connectivity index (χ1n) is 8.17. The summed E-state index contributed by atoms with van der Waals surface area (Å²) in [5.41, 5.74) is 0.742. The van der Waals surface area contributed by atoms with Crippen molar-refractivity contribution in [3.05, 3.63) is 24.3 Å². The molecule has 0 radical (unpaired) electrons. The molecular formula is C17H24ClN3O3. The number of piperidine rings is 1. The number of anilines is 1. The highest BCUT2D eigenvalue weighted by Crippen LogP contribution is 2.31. The molecule has 2 amide bonds. The van der Waals surface area contributed by atoms with Gasteiger partial charge in [0.2, 0.25) is 5.91 Å². The number of halogens is 1. The van der Waals surface area contributed by atoms with E-state index in [0.29, 0.717) is 24.6 Å². The van der Waals surface area contributed by atoms with Gasteiger partial charge in [0.1, 0.15) is 5.75 Å². The van der Waals surface area contributed by atoms with Crippen molar-refractivity contribution in [1.82, 2.24) is 10.6 Å². The van der Waals surface area contributed by atoms with Gasteiger partial charge in [-0.3, -0.25) is 9.59 Å². The topological polar surface area (TPSA) is 70.7 Å². The molecule has 2 unspecified atom stereocenters. The Morgan fingerprint density at radius 1 is 1.42 bits per heavy atom. The van der Waals surface area contributed by atoms with E-state index < -0.39 is 0 Å². The third-order valence-electron chi connectivity index (χ3n) is 4.50. The fourth-order valence-electron chi connectivity index (χ4n) is 3.12. The Kier molecular flexibility index (Phi) is 6.45. The average molecular weight is 354 g/mol. The monoisotopic (exact) mass is 353 g/mol. The van der Waals surface area contributed by atoms with E-state index in [1.54, 1.807) is 4.90 Å². The number of nitrogens with zero attached hydrogens (tertiary/aromatic N) is 1. The van der Waals surface area contributed by atoms with Gasteiger partial charge in [-0.25, -0.2) is 0 Å². The Hall–Kier alpha value is -1.79. The standard InChI is InChI=1S/C17H23N3O3.ClH/c1-12-10-18-8-6-13(12)19-16(21)7-9-20-14-4-2-3-5-15(14)23-11-17(20)22;/h2-5,12-13,18H,6-11H2,1H3,(H,19,21);1H. The third-order valence-corrected chi connectivity index (χ3v) is 4.50. The molecule has 2 aliphatic rings. The van der Waals surface area contributed by atoms with Crippen LogP contribution in [-0.2, 0) is 9.59 Å². The molecule has 0 spiro atoms. The molecule has 2 aliphatic heterocycles. The first-order chi connectivity index (χ1) is 11.1. The van der Waals surface area contributed by atoms with Crippen LogP contribution in [0.1, 0.15) is 19.8 Å². The number of amides is 2. The van der Waals surface area contributed by atoms with Crippen molar-refractivity contribution < 1.29 is 14.3 Å². The van der Waals surface area contributed by atoms with Crippen LogP contribution in [0.4, 0.5) is 5.69 Å². The molecule has 6 nitrogen and oxygen atoms in total. The minimum Gasteiger partial charge on any atom is -0.482 e. The Bertz CT molecular complexity index is 596. The molecule has 0 aromatic heterocycles. The van der Waals surface area contributed by atoms with E-state index in [4.69, 9.17) is 4.74 Å². The average Bonchev–Trinajstić information content (AvgIpc) is 2.56. The molecule has 1 aromatic carbocycles. The second-order valence-corrected chi connectivity index (χ2v) is 6.20. The van der Waals surface area contributed by atoms with E-state index in [9.17, 15) is 9.59 Å². The van der Waals surface area contributed by atoms with Crippen molar-refractivity contribution in [2.75, 3.05) is 31.1 Å². The van der Waals surface area contributed by atoms with Crippen LogP contribution in [0.5, 0.6) is 5.75 Å². The molecule has 2 atom stereocenters. The van der Waals surface area contributed by atoms with E-state index in [2.05, 4.69) is 17.6 Å². The normalized spacial score (nSPS) is 22.9. The van der Waals surface area contributed by atoms with Crippen LogP contribution in [0.3, 0.4) is 0 Å². The van der Waals surface area contributed by atoms with E-state index in [0.717, 1.165) is 25.2 Å². The second-order valence-electron chi connectivity index (χ2n) is 6.20. The molecule has 1 aromatic rings. The van der Waals surface area contributed by atoms with Crippen LogP contribution < -0.4 is 20.3 Å². The van der Waals surface area contributed by atoms with Crippen LogP contribution in [0.2, 0.25) is 0 Å². The number of carbonyl (C=O) groups is 2. The predicted molar refractivity (Wildman–Crippen MR) is 94.7 cm³/mol. The van der Waals surface area contributed by atoms with E-state index >= 15 is 0 Å². The van der Waals surface area contributed by atoms with Gasteiger partial charge in [0, 0.05) is 19.0 Å². The van der Waals surface area contributed by atoms with Crippen LogP contribution in [0.25, 0.3) is 0 Å². The summed E-state index contributed by atoms with van der Waals surface area (Å²) >= 11 is 0. The summed E-state index contributed by atoms with van der Waals surface area (Å²) < 4.78 is 5.41. The van der Waals surface area contributed by atoms with Crippen LogP contribution in [0, 0.1) is 5.92 Å². The van der Waals surface area contributed by atoms with Crippen molar-refractivity contribution >= 4 is 29.9 Å². The Morgan fingerprint density at radius 2 is 2.21 bits per heavy atom. The van der Waals surface area contributed by atoms with Crippen molar-refractivity contribution in [3.63, 3.8) is 0 Å². The number of nitrogens with one attached hydrogen (secondary N) is 2. The van der Waals surface area contributed by atoms with Gasteiger partial charge in [-0.1, -0.05) is 19.1 Å². The van der Waals surface area contributed by atoms with Gasteiger partial charge >= 0.3 is 0 Å². The third kappa shape index (κ3) is 4.19. The van der Waals surface area contributed by atoms with E-state index in [-0.39, 0.29) is 36.9 Å². The zero-order valence-electron chi connectivity index (χ0n) is 13.8. The minimum atomic E-state index is -0.105. The summed E-state index contributed by atoms with van der Waals surface area (Å²) in [6.45, 7) is 4.41. The summed E-state index contributed by atoms with van der Waals surface area (Å²) in [4.78, 5) is 25.9. The second kappa shape index (κ2) is 8.35. The number of benzene rings is 1. The van der Waals surface area contributed by atoms with Gasteiger partial charge in [0.25, 0.3) is 5.91 Å². The number of hydrogen-bond donors (Lipinski definition) is 2. The lowest BCUT2D eigenvalue weighted by atomic mass is 9.95. The van der Waals surface area contributed by atoms with Gasteiger partial charge in [-0.2, -0.15) is 0 Å². The zero-order valence-corrected chi connectivity index (χ0v) is 14.6. The predicted octanol–water partition coefficient (Wildman–Crippen LogP) is 1.34. The molecule has 132 valence electrons. The molecule has 1 fully saturated rings. The Morgan fingerprint density at radius 3 is 3.00 bits per heavy atom. The minimum absolute atomic E-state index is 0. The fraction of sp³-hybridized carbons (Fsp3) is 0.529.